The van der Waals surface area contributed by atoms with E-state index in [0.717, 1.165) is 11.3 Å². The minimum Gasteiger partial charge on any atom is -0.355 e. The lowest BCUT2D eigenvalue weighted by atomic mass is 10.1. The van der Waals surface area contributed by atoms with Crippen LogP contribution in [0.4, 0.5) is 5.69 Å². The van der Waals surface area contributed by atoms with Crippen molar-refractivity contribution in [3.05, 3.63) is 29.3 Å². The number of halogens is 1. The van der Waals surface area contributed by atoms with Gasteiger partial charge in [-0.15, -0.1) is 12.4 Å². The van der Waals surface area contributed by atoms with Crippen LogP contribution in [-0.4, -0.2) is 36.9 Å². The molecule has 0 saturated heterocycles. The second-order valence-electron chi connectivity index (χ2n) is 4.49. The summed E-state index contributed by atoms with van der Waals surface area (Å²) in [7, 11) is 1.58. The first kappa shape index (κ1) is 19.8. The van der Waals surface area contributed by atoms with Crippen LogP contribution in [0.5, 0.6) is 0 Å². The van der Waals surface area contributed by atoms with Crippen LogP contribution in [0.15, 0.2) is 18.2 Å². The summed E-state index contributed by atoms with van der Waals surface area (Å²) in [6.45, 7) is 1.84. The number of rotatable bonds is 6. The topological polar surface area (TPSA) is 84.2 Å². The Morgan fingerprint density at radius 2 is 2.05 bits per heavy atom. The Morgan fingerprint density at radius 3 is 2.57 bits per heavy atom. The lowest BCUT2D eigenvalue weighted by molar-refractivity contribution is -0.117. The quantitative estimate of drug-likeness (QED) is 0.742. The van der Waals surface area contributed by atoms with Crippen LogP contribution in [0, 0.1) is 6.92 Å². The van der Waals surface area contributed by atoms with E-state index in [9.17, 15) is 9.59 Å². The number of amides is 2. The summed E-state index contributed by atoms with van der Waals surface area (Å²) in [4.78, 5) is 23.4. The van der Waals surface area contributed by atoms with Gasteiger partial charge in [-0.3, -0.25) is 9.59 Å². The second kappa shape index (κ2) is 9.65. The van der Waals surface area contributed by atoms with Crippen molar-refractivity contribution in [3.8, 4) is 0 Å². The van der Waals surface area contributed by atoms with Crippen LogP contribution in [-0.2, 0) is 4.79 Å². The lowest BCUT2D eigenvalue weighted by Crippen LogP contribution is -2.36. The summed E-state index contributed by atoms with van der Waals surface area (Å²) in [5, 5.41) is 5.36. The highest BCUT2D eigenvalue weighted by atomic mass is 35.5. The van der Waals surface area contributed by atoms with Gasteiger partial charge in [0.05, 0.1) is 6.04 Å². The van der Waals surface area contributed by atoms with Gasteiger partial charge in [-0.1, -0.05) is 0 Å². The first-order valence-electron chi connectivity index (χ1n) is 6.37. The molecule has 2 amide bonds. The van der Waals surface area contributed by atoms with Gasteiger partial charge in [-0.2, -0.15) is 11.8 Å². The van der Waals surface area contributed by atoms with E-state index in [4.69, 9.17) is 5.73 Å². The molecule has 0 bridgehead atoms. The van der Waals surface area contributed by atoms with E-state index in [-0.39, 0.29) is 24.2 Å². The summed E-state index contributed by atoms with van der Waals surface area (Å²) in [6, 6.07) is 4.62. The van der Waals surface area contributed by atoms with Gasteiger partial charge in [-0.05, 0) is 49.1 Å². The molecule has 4 N–H and O–H groups in total. The van der Waals surface area contributed by atoms with Crippen LogP contribution in [0.25, 0.3) is 0 Å². The fraction of sp³-hybridized carbons (Fsp3) is 0.429. The Balaban J connectivity index is 0.00000400. The minimum absolute atomic E-state index is 0. The van der Waals surface area contributed by atoms with Gasteiger partial charge >= 0.3 is 0 Å². The highest BCUT2D eigenvalue weighted by Crippen LogP contribution is 2.17. The van der Waals surface area contributed by atoms with Gasteiger partial charge in [0.1, 0.15) is 0 Å². The fourth-order valence-electron chi connectivity index (χ4n) is 1.69. The highest BCUT2D eigenvalue weighted by molar-refractivity contribution is 7.98. The molecule has 118 valence electrons. The van der Waals surface area contributed by atoms with Crippen LogP contribution >= 0.6 is 24.2 Å². The molecule has 5 nitrogen and oxygen atoms in total. The minimum atomic E-state index is -0.513. The molecule has 1 aromatic carbocycles. The third-order valence-electron chi connectivity index (χ3n) is 2.94. The van der Waals surface area contributed by atoms with E-state index >= 15 is 0 Å². The van der Waals surface area contributed by atoms with Crippen molar-refractivity contribution < 1.29 is 9.59 Å². The molecule has 0 heterocycles. The van der Waals surface area contributed by atoms with Crippen molar-refractivity contribution in [1.82, 2.24) is 5.32 Å². The van der Waals surface area contributed by atoms with Crippen molar-refractivity contribution in [3.63, 3.8) is 0 Å². The molecule has 7 heteroatoms. The molecular weight excluding hydrogens is 310 g/mol. The Labute approximate surface area is 135 Å². The van der Waals surface area contributed by atoms with Gasteiger partial charge in [0.2, 0.25) is 5.91 Å². The van der Waals surface area contributed by atoms with Crippen molar-refractivity contribution in [2.45, 2.75) is 19.4 Å². The van der Waals surface area contributed by atoms with Crippen molar-refractivity contribution in [1.29, 1.82) is 0 Å². The van der Waals surface area contributed by atoms with E-state index in [1.54, 1.807) is 37.0 Å². The maximum absolute atomic E-state index is 11.9. The molecule has 0 fully saturated rings. The normalized spacial score (nSPS) is 11.2. The summed E-state index contributed by atoms with van der Waals surface area (Å²) in [5.41, 5.74) is 7.89. The van der Waals surface area contributed by atoms with Gasteiger partial charge in [-0.25, -0.2) is 0 Å². The monoisotopic (exact) mass is 331 g/mol. The number of nitrogens with two attached hydrogens (primary N) is 1. The van der Waals surface area contributed by atoms with E-state index < -0.39 is 6.04 Å². The predicted octanol–water partition coefficient (Wildman–Crippen LogP) is 1.80. The third kappa shape index (κ3) is 5.95. The van der Waals surface area contributed by atoms with E-state index in [0.29, 0.717) is 17.7 Å². The first-order valence-corrected chi connectivity index (χ1v) is 7.77. The molecule has 21 heavy (non-hydrogen) atoms. The zero-order valence-corrected chi connectivity index (χ0v) is 14.1. The number of carbonyl (C=O) groups is 2. The molecule has 0 saturated carbocycles. The van der Waals surface area contributed by atoms with Crippen molar-refractivity contribution in [2.24, 2.45) is 5.73 Å². The molecule has 1 atom stereocenters. The largest absolute Gasteiger partial charge is 0.355 e. The Bertz CT molecular complexity index is 497. The molecule has 0 spiro atoms. The second-order valence-corrected chi connectivity index (χ2v) is 5.47. The standard InChI is InChI=1S/C14H21N3O2S.ClH/c1-9-8-10(13(18)16-2)4-5-12(9)17-14(19)11(15)6-7-20-3;/h4-5,8,11H,6-7,15H2,1-3H3,(H,16,18)(H,17,19);1H/t11-;/m0./s1. The highest BCUT2D eigenvalue weighted by Gasteiger charge is 2.14. The van der Waals surface area contributed by atoms with Crippen LogP contribution < -0.4 is 16.4 Å². The predicted molar refractivity (Wildman–Crippen MR) is 91.4 cm³/mol. The third-order valence-corrected chi connectivity index (χ3v) is 3.59. The average Bonchev–Trinajstić information content (AvgIpc) is 2.45. The fourth-order valence-corrected chi connectivity index (χ4v) is 2.18. The Hall–Kier alpha value is -1.24. The Morgan fingerprint density at radius 1 is 1.38 bits per heavy atom. The van der Waals surface area contributed by atoms with Gasteiger partial charge in [0.15, 0.2) is 0 Å². The molecule has 0 aromatic heterocycles. The number of nitrogens with one attached hydrogen (secondary N) is 2. The molecule has 1 rings (SSSR count). The molecule has 0 aliphatic heterocycles. The smallest absolute Gasteiger partial charge is 0.251 e. The van der Waals surface area contributed by atoms with Crippen molar-refractivity contribution >= 4 is 41.7 Å². The van der Waals surface area contributed by atoms with Gasteiger partial charge in [0, 0.05) is 18.3 Å². The van der Waals surface area contributed by atoms with Crippen LogP contribution in [0.3, 0.4) is 0 Å². The van der Waals surface area contributed by atoms with Crippen LogP contribution in [0.1, 0.15) is 22.3 Å². The number of benzene rings is 1. The average molecular weight is 332 g/mol. The zero-order chi connectivity index (χ0) is 15.1. The summed E-state index contributed by atoms with van der Waals surface area (Å²) >= 11 is 1.66. The molecular formula is C14H22ClN3O2S. The zero-order valence-electron chi connectivity index (χ0n) is 12.4. The molecule has 0 unspecified atom stereocenters. The van der Waals surface area contributed by atoms with Gasteiger partial charge in [0.25, 0.3) is 5.91 Å². The molecule has 0 aliphatic rings. The number of carbonyl (C=O) groups excluding carboxylic acids is 2. The maximum Gasteiger partial charge on any atom is 0.251 e. The number of aryl methyl sites for hydroxylation is 1. The number of thioether (sulfide) groups is 1. The molecule has 0 aliphatic carbocycles. The SMILES string of the molecule is CNC(=O)c1ccc(NC(=O)[C@@H](N)CCSC)c(C)c1.Cl. The van der Waals surface area contributed by atoms with E-state index in [2.05, 4.69) is 10.6 Å². The number of hydrogen-bond donors (Lipinski definition) is 3. The lowest BCUT2D eigenvalue weighted by Gasteiger charge is -2.14. The van der Waals surface area contributed by atoms with E-state index in [1.807, 2.05) is 13.2 Å². The Kier molecular flexibility index (Phi) is 9.08. The van der Waals surface area contributed by atoms with Crippen LogP contribution in [0.2, 0.25) is 0 Å². The number of hydrogen-bond acceptors (Lipinski definition) is 4. The summed E-state index contributed by atoms with van der Waals surface area (Å²) in [5.74, 6) is 0.501. The summed E-state index contributed by atoms with van der Waals surface area (Å²) < 4.78 is 0. The molecule has 1 aromatic rings. The van der Waals surface area contributed by atoms with E-state index in [1.165, 1.54) is 0 Å². The first-order chi connectivity index (χ1) is 9.49. The van der Waals surface area contributed by atoms with Gasteiger partial charge < -0.3 is 16.4 Å². The maximum atomic E-state index is 11.9. The number of anilines is 1. The van der Waals surface area contributed by atoms with Crippen molar-refractivity contribution in [2.75, 3.05) is 24.4 Å². The summed E-state index contributed by atoms with van der Waals surface area (Å²) in [6.07, 6.45) is 2.62. The molecule has 0 radical (unpaired) electrons.